The van der Waals surface area contributed by atoms with Crippen LogP contribution in [0.3, 0.4) is 0 Å². The van der Waals surface area contributed by atoms with Gasteiger partial charge < -0.3 is 0 Å². The first kappa shape index (κ1) is 13.4. The smallest absolute Gasteiger partial charge is 0.0106 e. The molecule has 0 radical (unpaired) electrons. The zero-order valence-corrected chi connectivity index (χ0v) is 11.0. The van der Waals surface area contributed by atoms with Gasteiger partial charge in [-0.05, 0) is 30.4 Å². The Labute approximate surface area is 88.9 Å². The van der Waals surface area contributed by atoms with E-state index in [2.05, 4.69) is 53.3 Å². The Morgan fingerprint density at radius 1 is 1.00 bits per heavy atom. The molecule has 1 heteroatoms. The Balaban J connectivity index is 3.62. The van der Waals surface area contributed by atoms with Gasteiger partial charge in [0.2, 0.25) is 0 Å². The van der Waals surface area contributed by atoms with Crippen molar-refractivity contribution < 1.29 is 0 Å². The Morgan fingerprint density at radius 3 is 1.92 bits per heavy atom. The number of thioether (sulfide) groups is 1. The molecule has 0 saturated heterocycles. The van der Waals surface area contributed by atoms with Crippen molar-refractivity contribution in [3.8, 4) is 0 Å². The lowest BCUT2D eigenvalue weighted by Crippen LogP contribution is -2.18. The summed E-state index contributed by atoms with van der Waals surface area (Å²) in [7, 11) is 0. The van der Waals surface area contributed by atoms with E-state index >= 15 is 0 Å². The molecule has 0 aromatic heterocycles. The molecule has 0 heterocycles. The molecule has 0 rings (SSSR count). The molecule has 0 nitrogen and oxygen atoms in total. The van der Waals surface area contributed by atoms with Gasteiger partial charge in [-0.3, -0.25) is 0 Å². The zero-order valence-electron chi connectivity index (χ0n) is 10.2. The van der Waals surface area contributed by atoms with E-state index < -0.39 is 0 Å². The minimum atomic E-state index is 0.475. The van der Waals surface area contributed by atoms with Crippen LogP contribution in [0, 0.1) is 11.8 Å². The summed E-state index contributed by atoms with van der Waals surface area (Å²) in [6.45, 7) is 14.0. The summed E-state index contributed by atoms with van der Waals surface area (Å²) in [5, 5.41) is 0. The van der Waals surface area contributed by atoms with Crippen LogP contribution in [-0.4, -0.2) is 10.5 Å². The second-order valence-electron chi connectivity index (χ2n) is 5.39. The highest BCUT2D eigenvalue weighted by Crippen LogP contribution is 2.32. The van der Waals surface area contributed by atoms with Gasteiger partial charge in [0.05, 0.1) is 0 Å². The first-order valence-electron chi connectivity index (χ1n) is 5.47. The topological polar surface area (TPSA) is 0 Å². The highest BCUT2D eigenvalue weighted by molar-refractivity contribution is 8.00. The van der Waals surface area contributed by atoms with Crippen LogP contribution in [0.2, 0.25) is 0 Å². The SMILES string of the molecule is CC(C)CCSC(C)(C)CC(C)C. The summed E-state index contributed by atoms with van der Waals surface area (Å²) < 4.78 is 0.475. The molecule has 80 valence electrons. The van der Waals surface area contributed by atoms with Crippen molar-refractivity contribution >= 4 is 11.8 Å². The Hall–Kier alpha value is 0.350. The molecule has 0 unspecified atom stereocenters. The zero-order chi connectivity index (χ0) is 10.5. The molecule has 0 aliphatic rings. The summed E-state index contributed by atoms with van der Waals surface area (Å²) in [5.74, 6) is 2.99. The Morgan fingerprint density at radius 2 is 1.54 bits per heavy atom. The van der Waals surface area contributed by atoms with Gasteiger partial charge in [0, 0.05) is 4.75 Å². The van der Waals surface area contributed by atoms with Crippen LogP contribution in [0.5, 0.6) is 0 Å². The quantitative estimate of drug-likeness (QED) is 0.607. The van der Waals surface area contributed by atoms with Crippen LogP contribution < -0.4 is 0 Å². The molecule has 0 fully saturated rings. The van der Waals surface area contributed by atoms with Gasteiger partial charge in [-0.2, -0.15) is 11.8 Å². The van der Waals surface area contributed by atoms with E-state index in [1.165, 1.54) is 18.6 Å². The molecular weight excluding hydrogens is 176 g/mol. The first-order chi connectivity index (χ1) is 5.83. The highest BCUT2D eigenvalue weighted by Gasteiger charge is 2.19. The van der Waals surface area contributed by atoms with E-state index in [4.69, 9.17) is 0 Å². The van der Waals surface area contributed by atoms with Crippen molar-refractivity contribution in [3.05, 3.63) is 0 Å². The van der Waals surface area contributed by atoms with Gasteiger partial charge in [0.15, 0.2) is 0 Å². The lowest BCUT2D eigenvalue weighted by molar-refractivity contribution is 0.501. The van der Waals surface area contributed by atoms with Crippen molar-refractivity contribution in [3.63, 3.8) is 0 Å². The van der Waals surface area contributed by atoms with Crippen molar-refractivity contribution in [2.45, 2.75) is 59.1 Å². The van der Waals surface area contributed by atoms with Crippen molar-refractivity contribution in [1.29, 1.82) is 0 Å². The van der Waals surface area contributed by atoms with Crippen molar-refractivity contribution in [2.75, 3.05) is 5.75 Å². The summed E-state index contributed by atoms with van der Waals surface area (Å²) in [4.78, 5) is 0. The number of hydrogen-bond acceptors (Lipinski definition) is 1. The minimum Gasteiger partial charge on any atom is -0.156 e. The third-order valence-electron chi connectivity index (χ3n) is 2.09. The molecule has 0 aromatic carbocycles. The van der Waals surface area contributed by atoms with Gasteiger partial charge in [0.25, 0.3) is 0 Å². The molecule has 13 heavy (non-hydrogen) atoms. The van der Waals surface area contributed by atoms with Crippen LogP contribution >= 0.6 is 11.8 Å². The van der Waals surface area contributed by atoms with Crippen LogP contribution in [-0.2, 0) is 0 Å². The molecule has 0 spiro atoms. The van der Waals surface area contributed by atoms with Crippen LogP contribution in [0.15, 0.2) is 0 Å². The van der Waals surface area contributed by atoms with E-state index in [1.807, 2.05) is 0 Å². The van der Waals surface area contributed by atoms with E-state index in [-0.39, 0.29) is 0 Å². The molecule has 0 aromatic rings. The van der Waals surface area contributed by atoms with Gasteiger partial charge in [-0.15, -0.1) is 0 Å². The van der Waals surface area contributed by atoms with Gasteiger partial charge >= 0.3 is 0 Å². The number of rotatable bonds is 6. The summed E-state index contributed by atoms with van der Waals surface area (Å²) in [6.07, 6.45) is 2.68. The Kier molecular flexibility index (Phi) is 6.11. The molecule has 0 amide bonds. The van der Waals surface area contributed by atoms with Gasteiger partial charge in [-0.25, -0.2) is 0 Å². The monoisotopic (exact) mass is 202 g/mol. The summed E-state index contributed by atoms with van der Waals surface area (Å²) >= 11 is 2.14. The molecule has 0 aliphatic carbocycles. The average molecular weight is 202 g/mol. The van der Waals surface area contributed by atoms with Crippen LogP contribution in [0.25, 0.3) is 0 Å². The maximum absolute atomic E-state index is 2.37. The normalized spacial score (nSPS) is 12.9. The third-order valence-corrected chi connectivity index (χ3v) is 3.48. The fraction of sp³-hybridized carbons (Fsp3) is 1.00. The van der Waals surface area contributed by atoms with Gasteiger partial charge in [0.1, 0.15) is 0 Å². The largest absolute Gasteiger partial charge is 0.156 e. The van der Waals surface area contributed by atoms with Gasteiger partial charge in [-0.1, -0.05) is 41.5 Å². The average Bonchev–Trinajstić information content (AvgIpc) is 1.81. The molecule has 0 aliphatic heterocycles. The molecule has 0 atom stereocenters. The number of hydrogen-bond donors (Lipinski definition) is 0. The summed E-state index contributed by atoms with van der Waals surface area (Å²) in [5.41, 5.74) is 0. The predicted octanol–water partition coefficient (Wildman–Crippen LogP) is 4.59. The maximum atomic E-state index is 2.37. The first-order valence-corrected chi connectivity index (χ1v) is 6.46. The second kappa shape index (κ2) is 5.95. The predicted molar refractivity (Wildman–Crippen MR) is 65.4 cm³/mol. The van der Waals surface area contributed by atoms with Crippen molar-refractivity contribution in [2.24, 2.45) is 11.8 Å². The lowest BCUT2D eigenvalue weighted by Gasteiger charge is -2.26. The van der Waals surface area contributed by atoms with Crippen molar-refractivity contribution in [1.82, 2.24) is 0 Å². The van der Waals surface area contributed by atoms with E-state index in [0.29, 0.717) is 4.75 Å². The highest BCUT2D eigenvalue weighted by atomic mass is 32.2. The fourth-order valence-corrected chi connectivity index (χ4v) is 3.21. The molecule has 0 saturated carbocycles. The van der Waals surface area contributed by atoms with Crippen LogP contribution in [0.4, 0.5) is 0 Å². The Bertz CT molecular complexity index is 125. The lowest BCUT2D eigenvalue weighted by atomic mass is 10.0. The molecule has 0 N–H and O–H groups in total. The fourth-order valence-electron chi connectivity index (χ4n) is 1.61. The maximum Gasteiger partial charge on any atom is 0.0106 e. The minimum absolute atomic E-state index is 0.475. The van der Waals surface area contributed by atoms with E-state index in [0.717, 1.165) is 11.8 Å². The molecular formula is C12H26S. The van der Waals surface area contributed by atoms with Crippen LogP contribution in [0.1, 0.15) is 54.4 Å². The standard InChI is InChI=1S/C12H26S/c1-10(2)7-8-13-12(5,6)9-11(3)4/h10-11H,7-9H2,1-6H3. The van der Waals surface area contributed by atoms with E-state index in [1.54, 1.807) is 0 Å². The molecule has 0 bridgehead atoms. The van der Waals surface area contributed by atoms with E-state index in [9.17, 15) is 0 Å². The second-order valence-corrected chi connectivity index (χ2v) is 7.19. The third kappa shape index (κ3) is 8.67. The summed E-state index contributed by atoms with van der Waals surface area (Å²) in [6, 6.07) is 0.